The maximum Gasteiger partial charge on any atom is 0.188 e. The molecule has 0 N–H and O–H groups in total. The van der Waals surface area contributed by atoms with Gasteiger partial charge in [0, 0.05) is 11.9 Å². The van der Waals surface area contributed by atoms with Crippen molar-refractivity contribution < 1.29 is 4.79 Å². The lowest BCUT2D eigenvalue weighted by molar-refractivity contribution is -0.111. The number of benzene rings is 1. The van der Waals surface area contributed by atoms with Crippen molar-refractivity contribution in [1.82, 2.24) is 0 Å². The summed E-state index contributed by atoms with van der Waals surface area (Å²) in [6, 6.07) is 8.19. The van der Waals surface area contributed by atoms with Crippen molar-refractivity contribution in [2.45, 2.75) is 4.90 Å². The number of fused-ring (bicyclic) bond motifs is 1. The van der Waals surface area contributed by atoms with Crippen LogP contribution in [-0.4, -0.2) is 12.8 Å². The van der Waals surface area contributed by atoms with Crippen molar-refractivity contribution in [2.24, 2.45) is 0 Å². The maximum absolute atomic E-state index is 11.8. The largest absolute Gasteiger partial charge is 0.338 e. The topological polar surface area (TPSA) is 20.3 Å². The molecule has 3 rings (SSSR count). The number of allylic oxidation sites excluding steroid dienone is 5. The van der Waals surface area contributed by atoms with Crippen molar-refractivity contribution in [3.05, 3.63) is 59.2 Å². The Labute approximate surface area is 104 Å². The smallest absolute Gasteiger partial charge is 0.188 e. The Kier molecular flexibility index (Phi) is 2.41. The molecule has 17 heavy (non-hydrogen) atoms. The molecule has 2 nitrogen and oxygen atoms in total. The Morgan fingerprint density at radius 2 is 1.88 bits per heavy atom. The highest BCUT2D eigenvalue weighted by Gasteiger charge is 2.26. The van der Waals surface area contributed by atoms with Gasteiger partial charge in [-0.25, -0.2) is 0 Å². The van der Waals surface area contributed by atoms with Crippen LogP contribution in [0.15, 0.2) is 64.1 Å². The fraction of sp³-hybridized carbons (Fsp3) is 0.0714. The number of nitrogens with zero attached hydrogens (tertiary/aromatic N) is 1. The minimum atomic E-state index is 0.0784. The number of carbonyl (C=O) groups is 1. The van der Waals surface area contributed by atoms with E-state index in [1.165, 1.54) is 4.90 Å². The number of thioether (sulfide) groups is 1. The lowest BCUT2D eigenvalue weighted by Gasteiger charge is -2.16. The zero-order valence-corrected chi connectivity index (χ0v) is 10.2. The van der Waals surface area contributed by atoms with Gasteiger partial charge < -0.3 is 4.90 Å². The number of anilines is 1. The third kappa shape index (κ3) is 1.63. The summed E-state index contributed by atoms with van der Waals surface area (Å²) in [5.74, 6) is 0.0784. The van der Waals surface area contributed by atoms with Gasteiger partial charge in [0.2, 0.25) is 0 Å². The monoisotopic (exact) mass is 241 g/mol. The van der Waals surface area contributed by atoms with Gasteiger partial charge in [-0.05, 0) is 24.3 Å². The molecule has 84 valence electrons. The van der Waals surface area contributed by atoms with Gasteiger partial charge in [-0.3, -0.25) is 4.79 Å². The molecule has 1 heterocycles. The van der Waals surface area contributed by atoms with E-state index in [1.54, 1.807) is 23.9 Å². The summed E-state index contributed by atoms with van der Waals surface area (Å²) in [7, 11) is 2.00. The van der Waals surface area contributed by atoms with Crippen LogP contribution in [0.25, 0.3) is 0 Å². The number of carbonyl (C=O) groups excluding carboxylic acids is 1. The van der Waals surface area contributed by atoms with E-state index in [0.717, 1.165) is 16.3 Å². The van der Waals surface area contributed by atoms with Gasteiger partial charge in [-0.1, -0.05) is 36.0 Å². The first-order valence-corrected chi connectivity index (χ1v) is 6.23. The van der Waals surface area contributed by atoms with Crippen molar-refractivity contribution in [2.75, 3.05) is 11.9 Å². The fourth-order valence-corrected chi connectivity index (χ4v) is 3.16. The van der Waals surface area contributed by atoms with Crippen LogP contribution in [0.5, 0.6) is 0 Å². The zero-order valence-electron chi connectivity index (χ0n) is 9.38. The molecule has 0 aromatic heterocycles. The van der Waals surface area contributed by atoms with E-state index in [1.807, 2.05) is 31.3 Å². The summed E-state index contributed by atoms with van der Waals surface area (Å²) in [4.78, 5) is 15.1. The molecule has 0 fully saturated rings. The second kappa shape index (κ2) is 3.93. The summed E-state index contributed by atoms with van der Waals surface area (Å²) in [6.45, 7) is 0. The van der Waals surface area contributed by atoms with Gasteiger partial charge >= 0.3 is 0 Å². The molecule has 1 aliphatic carbocycles. The third-order valence-electron chi connectivity index (χ3n) is 2.86. The second-order valence-electron chi connectivity index (χ2n) is 3.93. The number of ketones is 1. The van der Waals surface area contributed by atoms with Gasteiger partial charge in [-0.2, -0.15) is 0 Å². The number of rotatable bonds is 0. The zero-order chi connectivity index (χ0) is 11.8. The van der Waals surface area contributed by atoms with Gasteiger partial charge in [-0.15, -0.1) is 0 Å². The SMILES string of the molecule is CN1C(=C2C=CC=CC2=O)Sc2ccccc21. The lowest BCUT2D eigenvalue weighted by atomic mass is 10.1. The molecule has 0 spiro atoms. The van der Waals surface area contributed by atoms with Crippen LogP contribution in [0.2, 0.25) is 0 Å². The second-order valence-corrected chi connectivity index (χ2v) is 4.96. The van der Waals surface area contributed by atoms with Crippen LogP contribution < -0.4 is 4.90 Å². The molecular formula is C14H11NOS. The Hall–Kier alpha value is -1.74. The molecule has 1 aromatic carbocycles. The fourth-order valence-electron chi connectivity index (χ4n) is 1.98. The first kappa shape index (κ1) is 10.4. The first-order valence-electron chi connectivity index (χ1n) is 5.41. The van der Waals surface area contributed by atoms with Crippen LogP contribution in [0.4, 0.5) is 5.69 Å². The van der Waals surface area contributed by atoms with Crippen molar-refractivity contribution in [3.63, 3.8) is 0 Å². The molecule has 0 saturated carbocycles. The van der Waals surface area contributed by atoms with E-state index in [0.29, 0.717) is 0 Å². The molecule has 1 aromatic rings. The van der Waals surface area contributed by atoms with Gasteiger partial charge in [0.15, 0.2) is 5.78 Å². The maximum atomic E-state index is 11.8. The van der Waals surface area contributed by atoms with Gasteiger partial charge in [0.05, 0.1) is 16.3 Å². The minimum Gasteiger partial charge on any atom is -0.338 e. The quantitative estimate of drug-likeness (QED) is 0.651. The van der Waals surface area contributed by atoms with Crippen LogP contribution in [0.1, 0.15) is 0 Å². The average Bonchev–Trinajstić information content (AvgIpc) is 2.68. The molecule has 0 amide bonds. The van der Waals surface area contributed by atoms with Crippen LogP contribution in [0, 0.1) is 0 Å². The van der Waals surface area contributed by atoms with E-state index in [4.69, 9.17) is 0 Å². The number of para-hydroxylation sites is 1. The predicted molar refractivity (Wildman–Crippen MR) is 71.0 cm³/mol. The Morgan fingerprint density at radius 1 is 1.12 bits per heavy atom. The highest BCUT2D eigenvalue weighted by atomic mass is 32.2. The molecule has 1 aliphatic heterocycles. The Balaban J connectivity index is 2.10. The standard InChI is InChI=1S/C14H11NOS/c1-15-11-7-3-5-9-13(11)17-14(15)10-6-2-4-8-12(10)16/h2-9H,1H3. The predicted octanol–water partition coefficient (Wildman–Crippen LogP) is 3.14. The van der Waals surface area contributed by atoms with Crippen LogP contribution >= 0.6 is 11.8 Å². The van der Waals surface area contributed by atoms with E-state index in [-0.39, 0.29) is 5.78 Å². The molecular weight excluding hydrogens is 230 g/mol. The van der Waals surface area contributed by atoms with E-state index >= 15 is 0 Å². The lowest BCUT2D eigenvalue weighted by Crippen LogP contribution is -2.14. The Bertz CT molecular complexity index is 584. The number of hydrogen-bond donors (Lipinski definition) is 0. The van der Waals surface area contributed by atoms with Crippen LogP contribution in [0.3, 0.4) is 0 Å². The molecule has 0 unspecified atom stereocenters. The molecule has 2 aliphatic rings. The summed E-state index contributed by atoms with van der Waals surface area (Å²) in [5, 5.41) is 1.01. The summed E-state index contributed by atoms with van der Waals surface area (Å²) in [5.41, 5.74) is 1.94. The normalized spacial score (nSPS) is 22.2. The van der Waals surface area contributed by atoms with E-state index < -0.39 is 0 Å². The summed E-state index contributed by atoms with van der Waals surface area (Å²) in [6.07, 6.45) is 7.17. The van der Waals surface area contributed by atoms with E-state index in [9.17, 15) is 4.79 Å². The van der Waals surface area contributed by atoms with Crippen molar-refractivity contribution >= 4 is 23.2 Å². The number of hydrogen-bond acceptors (Lipinski definition) is 3. The molecule has 0 atom stereocenters. The molecule has 0 bridgehead atoms. The van der Waals surface area contributed by atoms with Crippen LogP contribution in [-0.2, 0) is 4.79 Å². The average molecular weight is 241 g/mol. The minimum absolute atomic E-state index is 0.0784. The summed E-state index contributed by atoms with van der Waals surface area (Å²) >= 11 is 1.65. The first-order chi connectivity index (χ1) is 8.27. The van der Waals surface area contributed by atoms with Gasteiger partial charge in [0.25, 0.3) is 0 Å². The molecule has 3 heteroatoms. The van der Waals surface area contributed by atoms with Crippen molar-refractivity contribution in [3.8, 4) is 0 Å². The van der Waals surface area contributed by atoms with Gasteiger partial charge in [0.1, 0.15) is 0 Å². The third-order valence-corrected chi connectivity index (χ3v) is 4.11. The Morgan fingerprint density at radius 3 is 2.65 bits per heavy atom. The summed E-state index contributed by atoms with van der Waals surface area (Å²) < 4.78 is 0. The van der Waals surface area contributed by atoms with Crippen molar-refractivity contribution in [1.29, 1.82) is 0 Å². The highest BCUT2D eigenvalue weighted by Crippen LogP contribution is 2.46. The highest BCUT2D eigenvalue weighted by molar-refractivity contribution is 8.03. The molecule has 0 radical (unpaired) electrons. The molecule has 0 saturated heterocycles. The van der Waals surface area contributed by atoms with E-state index in [2.05, 4.69) is 17.0 Å².